The molecule has 0 spiro atoms. The Morgan fingerprint density at radius 3 is 1.22 bits per heavy atom. The molecule has 2 aliphatic rings. The summed E-state index contributed by atoms with van der Waals surface area (Å²) in [4.78, 5) is 19.8. The van der Waals surface area contributed by atoms with E-state index in [1.807, 2.05) is 68.7 Å². The third-order valence-electron chi connectivity index (χ3n) is 12.7. The van der Waals surface area contributed by atoms with E-state index < -0.39 is 5.54 Å². The predicted octanol–water partition coefficient (Wildman–Crippen LogP) is 14.1. The van der Waals surface area contributed by atoms with Gasteiger partial charge in [0.15, 0.2) is 11.6 Å². The Morgan fingerprint density at radius 1 is 0.412 bits per heavy atom. The van der Waals surface area contributed by atoms with Crippen LogP contribution in [0.1, 0.15) is 45.7 Å². The van der Waals surface area contributed by atoms with Gasteiger partial charge in [0.05, 0.1) is 45.5 Å². The van der Waals surface area contributed by atoms with Crippen molar-refractivity contribution in [1.82, 2.24) is 29.1 Å². The number of para-hydroxylation sites is 2. The Kier molecular flexibility index (Phi) is 10.4. The van der Waals surface area contributed by atoms with E-state index in [4.69, 9.17) is 15.7 Å². The van der Waals surface area contributed by atoms with Crippen LogP contribution in [0.5, 0.6) is 0 Å². The summed E-state index contributed by atoms with van der Waals surface area (Å²) < 4.78 is 4.49. The molecule has 9 nitrogen and oxygen atoms in total. The maximum atomic E-state index is 6.36. The number of rotatable bonds is 5. The van der Waals surface area contributed by atoms with Crippen LogP contribution in [0.3, 0.4) is 0 Å². The second-order valence-electron chi connectivity index (χ2n) is 18.9. The first kappa shape index (κ1) is 42.2. The lowest BCUT2D eigenvalue weighted by atomic mass is 9.86. The van der Waals surface area contributed by atoms with E-state index in [1.165, 1.54) is 5.56 Å². The zero-order valence-electron chi connectivity index (χ0n) is 38.7. The first-order chi connectivity index (χ1) is 33.0. The first-order valence-electron chi connectivity index (χ1n) is 23.0. The van der Waals surface area contributed by atoms with Crippen molar-refractivity contribution in [1.29, 1.82) is 0 Å². The average Bonchev–Trinajstić information content (AvgIpc) is 3.88. The summed E-state index contributed by atoms with van der Waals surface area (Å²) >= 11 is 0. The van der Waals surface area contributed by atoms with Gasteiger partial charge in [0, 0.05) is 51.3 Å². The fourth-order valence-corrected chi connectivity index (χ4v) is 9.16. The third-order valence-corrected chi connectivity index (χ3v) is 12.7. The summed E-state index contributed by atoms with van der Waals surface area (Å²) in [6, 6.07) is 62.9. The highest BCUT2D eigenvalue weighted by Crippen LogP contribution is 2.46. The number of hydrogen-bond donors (Lipinski definition) is 3. The largest absolute Gasteiger partial charge is 0.338 e. The van der Waals surface area contributed by atoms with E-state index in [9.17, 15) is 0 Å². The summed E-state index contributed by atoms with van der Waals surface area (Å²) in [6.07, 6.45) is 3.64. The first-order valence-corrected chi connectivity index (χ1v) is 23.0. The highest BCUT2D eigenvalue weighted by molar-refractivity contribution is 5.92. The lowest BCUT2D eigenvalue weighted by molar-refractivity contribution is 0.554. The van der Waals surface area contributed by atoms with Gasteiger partial charge < -0.3 is 16.4 Å². The average molecular weight is 886 g/mol. The van der Waals surface area contributed by atoms with Gasteiger partial charge in [-0.15, -0.1) is 0 Å². The minimum Gasteiger partial charge on any atom is -0.338 e. The van der Waals surface area contributed by atoms with Crippen LogP contribution in [-0.2, 0) is 11.0 Å². The minimum absolute atomic E-state index is 0.0918. The standard InChI is InChI=1S/C30H26N4.C29H25N5/c1-30(2,3)22-17-15-21(16-18-22)27-26(20-10-5-4-6-11-20)33-29-23-12-7-8-13-24(23)32-28-25(34(27)29)14-9-19-31-28;1-29(2,30)21-16-14-20(15-17-21)26-25(19-9-4-3-5-10-19)33-28-22-11-6-7-12-23(22)32-27-24(34(26)28)13-8-18-31-27/h4-19H,1-3H3,(H,31,32);3-18H,30H2,1-2H3,(H,31,32). The van der Waals surface area contributed by atoms with Gasteiger partial charge in [-0.3, -0.25) is 9.13 Å². The van der Waals surface area contributed by atoms with Crippen LogP contribution in [-0.4, -0.2) is 29.1 Å². The van der Waals surface area contributed by atoms with Crippen LogP contribution in [0.4, 0.5) is 23.0 Å². The van der Waals surface area contributed by atoms with Gasteiger partial charge in [0.2, 0.25) is 0 Å². The van der Waals surface area contributed by atoms with Gasteiger partial charge in [0.25, 0.3) is 0 Å². The second-order valence-corrected chi connectivity index (χ2v) is 18.9. The topological polar surface area (TPSA) is 112 Å². The molecule has 2 aliphatic heterocycles. The maximum absolute atomic E-state index is 6.36. The molecule has 68 heavy (non-hydrogen) atoms. The molecule has 0 saturated carbocycles. The summed E-state index contributed by atoms with van der Waals surface area (Å²) in [5, 5.41) is 7.05. The smallest absolute Gasteiger partial charge is 0.154 e. The SMILES string of the molecule is CC(C)(C)c1ccc(-c2c(-c3ccccc3)nc3n2-c2cccnc2Nc2ccccc2-3)cc1.CC(C)(N)c1ccc(-c2c(-c3ccccc3)nc3n2-c2cccnc2Nc2ccccc2-3)cc1. The molecule has 6 aromatic carbocycles. The van der Waals surface area contributed by atoms with Crippen LogP contribution < -0.4 is 16.4 Å². The van der Waals surface area contributed by atoms with Crippen LogP contribution >= 0.6 is 0 Å². The van der Waals surface area contributed by atoms with Crippen LogP contribution in [0, 0.1) is 0 Å². The Bertz CT molecular complexity index is 3210. The lowest BCUT2D eigenvalue weighted by Crippen LogP contribution is -2.28. The summed E-state index contributed by atoms with van der Waals surface area (Å²) in [6.45, 7) is 10.8. The molecular weight excluding hydrogens is 835 g/mol. The number of benzene rings is 6. The summed E-state index contributed by atoms with van der Waals surface area (Å²) in [5.41, 5.74) is 22.8. The normalized spacial score (nSPS) is 12.2. The van der Waals surface area contributed by atoms with E-state index in [-0.39, 0.29) is 5.41 Å². The molecule has 4 aromatic heterocycles. The van der Waals surface area contributed by atoms with Crippen molar-refractivity contribution in [3.05, 3.63) is 206 Å². The molecule has 6 heterocycles. The number of imidazole rings is 2. The van der Waals surface area contributed by atoms with Crippen LogP contribution in [0.25, 0.3) is 79.2 Å². The molecule has 0 unspecified atom stereocenters. The number of hydrogen-bond acceptors (Lipinski definition) is 7. The summed E-state index contributed by atoms with van der Waals surface area (Å²) in [7, 11) is 0. The number of anilines is 4. The number of nitrogens with one attached hydrogen (secondary N) is 2. The highest BCUT2D eigenvalue weighted by Gasteiger charge is 2.30. The van der Waals surface area contributed by atoms with Crippen molar-refractivity contribution >= 4 is 23.0 Å². The van der Waals surface area contributed by atoms with Crippen molar-refractivity contribution in [3.8, 4) is 79.2 Å². The number of pyridine rings is 2. The Hall–Kier alpha value is -8.40. The second kappa shape index (κ2) is 16.8. The fraction of sp³-hybridized carbons (Fsp3) is 0.119. The highest BCUT2D eigenvalue weighted by atomic mass is 15.2. The molecule has 10 aromatic rings. The third kappa shape index (κ3) is 7.62. The molecule has 0 atom stereocenters. The number of aromatic nitrogens is 6. The maximum Gasteiger partial charge on any atom is 0.154 e. The minimum atomic E-state index is -0.408. The molecule has 0 bridgehead atoms. The fourth-order valence-electron chi connectivity index (χ4n) is 9.16. The molecule has 0 saturated heterocycles. The van der Waals surface area contributed by atoms with E-state index in [0.717, 1.165) is 108 Å². The zero-order valence-corrected chi connectivity index (χ0v) is 38.7. The quantitative estimate of drug-likeness (QED) is 0.158. The Morgan fingerprint density at radius 2 is 0.809 bits per heavy atom. The molecule has 332 valence electrons. The van der Waals surface area contributed by atoms with Crippen molar-refractivity contribution in [2.24, 2.45) is 5.73 Å². The van der Waals surface area contributed by atoms with Crippen LogP contribution in [0.15, 0.2) is 194 Å². The number of fused-ring (bicyclic) bond motifs is 10. The van der Waals surface area contributed by atoms with E-state index in [1.54, 1.807) is 0 Å². The van der Waals surface area contributed by atoms with Crippen molar-refractivity contribution in [2.45, 2.75) is 45.6 Å². The molecule has 12 rings (SSSR count). The van der Waals surface area contributed by atoms with Gasteiger partial charge in [-0.1, -0.05) is 154 Å². The van der Waals surface area contributed by atoms with Gasteiger partial charge >= 0.3 is 0 Å². The molecule has 0 fully saturated rings. The van der Waals surface area contributed by atoms with E-state index in [2.05, 4.69) is 190 Å². The van der Waals surface area contributed by atoms with Crippen molar-refractivity contribution in [3.63, 3.8) is 0 Å². The van der Waals surface area contributed by atoms with E-state index in [0.29, 0.717) is 0 Å². The van der Waals surface area contributed by atoms with Crippen LogP contribution in [0.2, 0.25) is 0 Å². The predicted molar refractivity (Wildman–Crippen MR) is 278 cm³/mol. The lowest BCUT2D eigenvalue weighted by Gasteiger charge is -2.20. The molecule has 9 heteroatoms. The Labute approximate surface area is 397 Å². The molecular formula is C59H51N9. The van der Waals surface area contributed by atoms with E-state index >= 15 is 0 Å². The van der Waals surface area contributed by atoms with Gasteiger partial charge in [-0.25, -0.2) is 19.9 Å². The van der Waals surface area contributed by atoms with Crippen molar-refractivity contribution in [2.75, 3.05) is 10.6 Å². The van der Waals surface area contributed by atoms with Crippen molar-refractivity contribution < 1.29 is 0 Å². The van der Waals surface area contributed by atoms with Gasteiger partial charge in [0.1, 0.15) is 11.6 Å². The summed E-state index contributed by atoms with van der Waals surface area (Å²) in [5.74, 6) is 3.40. The Balaban J connectivity index is 0.000000149. The molecule has 4 N–H and O–H groups in total. The monoisotopic (exact) mass is 885 g/mol. The molecule has 0 aliphatic carbocycles. The van der Waals surface area contributed by atoms with Gasteiger partial charge in [-0.2, -0.15) is 0 Å². The molecule has 0 amide bonds. The zero-order chi connectivity index (χ0) is 46.6. The molecule has 0 radical (unpaired) electrons. The number of nitrogens with two attached hydrogens (primary N) is 1. The van der Waals surface area contributed by atoms with Gasteiger partial charge in [-0.05, 0) is 78.9 Å². The number of nitrogens with zero attached hydrogens (tertiary/aromatic N) is 6.